The average molecular weight is 343 g/mol. The van der Waals surface area contributed by atoms with Gasteiger partial charge in [0, 0.05) is 68.9 Å². The summed E-state index contributed by atoms with van der Waals surface area (Å²) in [6.07, 6.45) is 11.2. The minimum Gasteiger partial charge on any atom is -0.381 e. The second-order valence-electron chi connectivity index (χ2n) is 6.78. The Labute approximate surface area is 144 Å². The molecule has 1 spiro atoms. The van der Waals surface area contributed by atoms with Crippen LogP contribution < -0.4 is 0 Å². The van der Waals surface area contributed by atoms with Gasteiger partial charge >= 0.3 is 0 Å². The Kier molecular flexibility index (Phi) is 3.29. The Morgan fingerprint density at radius 1 is 1.29 bits per heavy atom. The fraction of sp³-hybridized carbons (Fsp3) is 0.529. The Bertz CT molecular complexity index is 844. The molecule has 6 nitrogen and oxygen atoms in total. The van der Waals surface area contributed by atoms with Gasteiger partial charge in [-0.25, -0.2) is 9.97 Å². The van der Waals surface area contributed by atoms with Gasteiger partial charge in [0.05, 0.1) is 17.6 Å². The van der Waals surface area contributed by atoms with Crippen LogP contribution in [-0.2, 0) is 30.3 Å². The third-order valence-corrected chi connectivity index (χ3v) is 6.52. The molecule has 0 amide bonds. The van der Waals surface area contributed by atoms with E-state index in [9.17, 15) is 0 Å². The number of aromatic nitrogens is 4. The van der Waals surface area contributed by atoms with Crippen molar-refractivity contribution in [3.8, 4) is 0 Å². The number of fused-ring (bicyclic) bond motifs is 3. The van der Waals surface area contributed by atoms with E-state index in [4.69, 9.17) is 9.72 Å². The van der Waals surface area contributed by atoms with Gasteiger partial charge in [-0.05, 0) is 12.8 Å². The van der Waals surface area contributed by atoms with E-state index < -0.39 is 0 Å². The number of ether oxygens (including phenoxy) is 1. The zero-order valence-electron chi connectivity index (χ0n) is 13.8. The van der Waals surface area contributed by atoms with Crippen LogP contribution in [0, 0.1) is 0 Å². The van der Waals surface area contributed by atoms with Crippen molar-refractivity contribution in [2.45, 2.75) is 31.3 Å². The van der Waals surface area contributed by atoms with Gasteiger partial charge in [-0.3, -0.25) is 9.30 Å². The van der Waals surface area contributed by atoms with Crippen molar-refractivity contribution < 1.29 is 4.74 Å². The van der Waals surface area contributed by atoms with E-state index in [-0.39, 0.29) is 5.54 Å². The first-order valence-corrected chi connectivity index (χ1v) is 9.33. The predicted molar refractivity (Wildman–Crippen MR) is 92.1 cm³/mol. The summed E-state index contributed by atoms with van der Waals surface area (Å²) in [5.74, 6) is 0. The molecule has 0 saturated carbocycles. The van der Waals surface area contributed by atoms with Crippen LogP contribution in [0.1, 0.15) is 29.1 Å². The maximum Gasteiger partial charge on any atom is 0.193 e. The number of aryl methyl sites for hydroxylation is 1. The number of hydrogen-bond donors (Lipinski definition) is 0. The predicted octanol–water partition coefficient (Wildman–Crippen LogP) is 2.19. The second-order valence-corrected chi connectivity index (χ2v) is 7.87. The summed E-state index contributed by atoms with van der Waals surface area (Å²) in [6, 6.07) is 0. The summed E-state index contributed by atoms with van der Waals surface area (Å²) in [4.78, 5) is 14.3. The van der Waals surface area contributed by atoms with E-state index in [1.54, 1.807) is 11.3 Å². The molecule has 5 rings (SSSR count). The number of imidazole rings is 2. The normalized spacial score (nSPS) is 20.7. The van der Waals surface area contributed by atoms with Gasteiger partial charge in [0.2, 0.25) is 0 Å². The van der Waals surface area contributed by atoms with Crippen molar-refractivity contribution in [2.24, 2.45) is 7.05 Å². The van der Waals surface area contributed by atoms with Gasteiger partial charge in [-0.1, -0.05) is 11.3 Å². The maximum absolute atomic E-state index is 5.68. The third kappa shape index (κ3) is 2.08. The van der Waals surface area contributed by atoms with Crippen LogP contribution in [0.4, 0.5) is 0 Å². The van der Waals surface area contributed by atoms with E-state index in [2.05, 4.69) is 32.1 Å². The first-order valence-electron chi connectivity index (χ1n) is 8.51. The standard InChI is InChI=1S/C17H21N5OS/c1-20-12-19-15-14(20)2-6-22(17(15)3-8-23-9-4-17)11-13-10-21-7-5-18-16(21)24-13/h5,7,10,12H,2-4,6,8-9,11H2,1H3. The summed E-state index contributed by atoms with van der Waals surface area (Å²) in [5, 5.41) is 0. The number of hydrogen-bond acceptors (Lipinski definition) is 5. The lowest BCUT2D eigenvalue weighted by molar-refractivity contribution is -0.0449. The second kappa shape index (κ2) is 5.40. The lowest BCUT2D eigenvalue weighted by Gasteiger charge is -2.48. The SMILES string of the molecule is Cn1cnc2c1CCN(Cc1cn3ccnc3s1)C21CCOCC1. The van der Waals surface area contributed by atoms with E-state index in [1.165, 1.54) is 16.3 Å². The first-order chi connectivity index (χ1) is 11.8. The quantitative estimate of drug-likeness (QED) is 0.716. The molecule has 126 valence electrons. The van der Waals surface area contributed by atoms with Gasteiger partial charge in [0.25, 0.3) is 0 Å². The van der Waals surface area contributed by atoms with Crippen LogP contribution in [0.25, 0.3) is 4.96 Å². The van der Waals surface area contributed by atoms with Gasteiger partial charge < -0.3 is 9.30 Å². The van der Waals surface area contributed by atoms with Crippen LogP contribution in [0.15, 0.2) is 24.9 Å². The molecule has 3 aromatic rings. The zero-order valence-corrected chi connectivity index (χ0v) is 14.6. The van der Waals surface area contributed by atoms with Gasteiger partial charge in [-0.15, -0.1) is 0 Å². The van der Waals surface area contributed by atoms with Crippen LogP contribution in [0.2, 0.25) is 0 Å². The van der Waals surface area contributed by atoms with Crippen molar-refractivity contribution in [2.75, 3.05) is 19.8 Å². The maximum atomic E-state index is 5.68. The van der Waals surface area contributed by atoms with Crippen LogP contribution in [0.5, 0.6) is 0 Å². The molecule has 0 unspecified atom stereocenters. The van der Waals surface area contributed by atoms with Crippen molar-refractivity contribution in [1.82, 2.24) is 23.8 Å². The zero-order chi connectivity index (χ0) is 16.1. The average Bonchev–Trinajstić information content (AvgIpc) is 3.27. The number of nitrogens with zero attached hydrogens (tertiary/aromatic N) is 5. The topological polar surface area (TPSA) is 47.6 Å². The third-order valence-electron chi connectivity index (χ3n) is 5.53. The molecule has 1 fully saturated rings. The summed E-state index contributed by atoms with van der Waals surface area (Å²) < 4.78 is 10.00. The molecule has 7 heteroatoms. The molecule has 2 aliphatic rings. The first kappa shape index (κ1) is 14.6. The van der Waals surface area contributed by atoms with Crippen molar-refractivity contribution >= 4 is 16.3 Å². The molecule has 0 aromatic carbocycles. The molecule has 5 heterocycles. The number of rotatable bonds is 2. The van der Waals surface area contributed by atoms with Crippen molar-refractivity contribution in [3.63, 3.8) is 0 Å². The summed E-state index contributed by atoms with van der Waals surface area (Å²) in [6.45, 7) is 3.68. The molecule has 0 aliphatic carbocycles. The number of thiazole rings is 1. The fourth-order valence-electron chi connectivity index (χ4n) is 4.27. The largest absolute Gasteiger partial charge is 0.381 e. The highest BCUT2D eigenvalue weighted by molar-refractivity contribution is 7.17. The molecule has 0 radical (unpaired) electrons. The molecular weight excluding hydrogens is 322 g/mol. The van der Waals surface area contributed by atoms with Gasteiger partial charge in [0.15, 0.2) is 4.96 Å². The Balaban J connectivity index is 1.53. The highest BCUT2D eigenvalue weighted by atomic mass is 32.1. The summed E-state index contributed by atoms with van der Waals surface area (Å²) >= 11 is 1.78. The molecular formula is C17H21N5OS. The molecule has 2 aliphatic heterocycles. The van der Waals surface area contributed by atoms with Crippen molar-refractivity contribution in [3.05, 3.63) is 41.2 Å². The molecule has 1 saturated heterocycles. The van der Waals surface area contributed by atoms with E-state index in [0.717, 1.165) is 50.5 Å². The summed E-state index contributed by atoms with van der Waals surface area (Å²) in [5.41, 5.74) is 2.70. The van der Waals surface area contributed by atoms with E-state index in [0.29, 0.717) is 0 Å². The van der Waals surface area contributed by atoms with E-state index >= 15 is 0 Å². The van der Waals surface area contributed by atoms with Crippen LogP contribution in [-0.4, -0.2) is 43.6 Å². The van der Waals surface area contributed by atoms with E-state index in [1.807, 2.05) is 18.7 Å². The molecule has 0 N–H and O–H groups in total. The lowest BCUT2D eigenvalue weighted by Crippen LogP contribution is -2.53. The minimum atomic E-state index is 0.0270. The minimum absolute atomic E-state index is 0.0270. The van der Waals surface area contributed by atoms with Gasteiger partial charge in [-0.2, -0.15) is 0 Å². The summed E-state index contributed by atoms with van der Waals surface area (Å²) in [7, 11) is 2.11. The van der Waals surface area contributed by atoms with Crippen molar-refractivity contribution in [1.29, 1.82) is 0 Å². The molecule has 0 atom stereocenters. The van der Waals surface area contributed by atoms with Gasteiger partial charge in [0.1, 0.15) is 0 Å². The van der Waals surface area contributed by atoms with Crippen LogP contribution >= 0.6 is 11.3 Å². The monoisotopic (exact) mass is 343 g/mol. The Morgan fingerprint density at radius 2 is 2.17 bits per heavy atom. The molecule has 0 bridgehead atoms. The lowest BCUT2D eigenvalue weighted by atomic mass is 9.80. The fourth-order valence-corrected chi connectivity index (χ4v) is 5.23. The molecule has 3 aromatic heterocycles. The Hall–Kier alpha value is -1.70. The Morgan fingerprint density at radius 3 is 3.00 bits per heavy atom. The highest BCUT2D eigenvalue weighted by Gasteiger charge is 2.46. The highest BCUT2D eigenvalue weighted by Crippen LogP contribution is 2.43. The smallest absolute Gasteiger partial charge is 0.193 e. The van der Waals surface area contributed by atoms with Crippen LogP contribution in [0.3, 0.4) is 0 Å². The molecule has 24 heavy (non-hydrogen) atoms.